The smallest absolute Gasteiger partial charge is 0.304 e. The fourth-order valence-electron chi connectivity index (χ4n) is 4.14. The molecule has 0 spiro atoms. The summed E-state index contributed by atoms with van der Waals surface area (Å²) in [5.74, 6) is 0.125. The Balaban J connectivity index is 2.18. The molecule has 1 atom stereocenters. The highest BCUT2D eigenvalue weighted by Gasteiger charge is 2.57. The van der Waals surface area contributed by atoms with E-state index in [1.54, 1.807) is 0 Å². The van der Waals surface area contributed by atoms with Crippen LogP contribution in [0.1, 0.15) is 53.4 Å². The summed E-state index contributed by atoms with van der Waals surface area (Å²) >= 11 is 0. The van der Waals surface area contributed by atoms with Gasteiger partial charge in [0.1, 0.15) is 0 Å². The first-order chi connectivity index (χ1) is 8.66. The lowest BCUT2D eigenvalue weighted by atomic mass is 9.73. The van der Waals surface area contributed by atoms with Gasteiger partial charge in [0.15, 0.2) is 0 Å². The molecule has 0 aromatic carbocycles. The third-order valence-corrected chi connectivity index (χ3v) is 4.71. The van der Waals surface area contributed by atoms with Gasteiger partial charge in [-0.3, -0.25) is 9.59 Å². The number of aliphatic carboxylic acids is 1. The van der Waals surface area contributed by atoms with E-state index < -0.39 is 11.4 Å². The molecule has 1 N–H and O–H groups in total. The van der Waals surface area contributed by atoms with E-state index in [9.17, 15) is 9.59 Å². The monoisotopic (exact) mass is 267 g/mol. The molecule has 1 amide bonds. The molecule has 2 aliphatic heterocycles. The summed E-state index contributed by atoms with van der Waals surface area (Å²) in [5, 5.41) is 9.12. The normalized spacial score (nSPS) is 32.1. The lowest BCUT2D eigenvalue weighted by Crippen LogP contribution is -2.51. The SMILES string of the molecule is CC(C)C[C@@](C)(CC(=O)O)C(=O)N1CC2CC1(C)C2. The van der Waals surface area contributed by atoms with E-state index in [1.807, 2.05) is 25.7 Å². The zero-order valence-electron chi connectivity index (χ0n) is 12.4. The Labute approximate surface area is 115 Å². The van der Waals surface area contributed by atoms with Crippen LogP contribution in [0.4, 0.5) is 0 Å². The van der Waals surface area contributed by atoms with Crippen molar-refractivity contribution in [3.63, 3.8) is 0 Å². The van der Waals surface area contributed by atoms with Crippen molar-refractivity contribution >= 4 is 11.9 Å². The molecule has 1 aliphatic carbocycles. The minimum atomic E-state index is -0.881. The van der Waals surface area contributed by atoms with Gasteiger partial charge in [-0.05, 0) is 38.0 Å². The first kappa shape index (κ1) is 14.4. The highest BCUT2D eigenvalue weighted by Crippen LogP contribution is 2.52. The van der Waals surface area contributed by atoms with Crippen LogP contribution >= 0.6 is 0 Å². The number of carboxylic acid groups (broad SMARTS) is 1. The molecule has 19 heavy (non-hydrogen) atoms. The van der Waals surface area contributed by atoms with Crippen LogP contribution < -0.4 is 0 Å². The second-order valence-corrected chi connectivity index (χ2v) is 7.42. The Hall–Kier alpha value is -1.06. The molecule has 2 bridgehead atoms. The zero-order chi connectivity index (χ0) is 14.4. The molecule has 2 heterocycles. The van der Waals surface area contributed by atoms with Crippen molar-refractivity contribution in [2.24, 2.45) is 17.3 Å². The molecular weight excluding hydrogens is 242 g/mol. The van der Waals surface area contributed by atoms with E-state index in [2.05, 4.69) is 6.92 Å². The third-order valence-electron chi connectivity index (χ3n) is 4.71. The number of rotatable bonds is 5. The van der Waals surface area contributed by atoms with E-state index in [0.29, 0.717) is 18.3 Å². The molecule has 1 saturated carbocycles. The van der Waals surface area contributed by atoms with Crippen LogP contribution in [0.5, 0.6) is 0 Å². The van der Waals surface area contributed by atoms with Crippen LogP contribution in [0.25, 0.3) is 0 Å². The van der Waals surface area contributed by atoms with Crippen LogP contribution in [-0.2, 0) is 9.59 Å². The van der Waals surface area contributed by atoms with Gasteiger partial charge in [-0.1, -0.05) is 20.8 Å². The van der Waals surface area contributed by atoms with Gasteiger partial charge in [0.25, 0.3) is 0 Å². The fourth-order valence-corrected chi connectivity index (χ4v) is 4.14. The Morgan fingerprint density at radius 2 is 2.00 bits per heavy atom. The first-order valence-corrected chi connectivity index (χ1v) is 7.20. The van der Waals surface area contributed by atoms with Crippen molar-refractivity contribution in [2.45, 2.75) is 58.9 Å². The molecule has 0 aromatic rings. The van der Waals surface area contributed by atoms with Gasteiger partial charge in [0.2, 0.25) is 5.91 Å². The van der Waals surface area contributed by atoms with Crippen molar-refractivity contribution in [2.75, 3.05) is 6.54 Å². The van der Waals surface area contributed by atoms with Gasteiger partial charge in [0, 0.05) is 12.1 Å². The number of carbonyl (C=O) groups is 2. The lowest BCUT2D eigenvalue weighted by molar-refractivity contribution is -0.153. The highest BCUT2D eigenvalue weighted by molar-refractivity contribution is 5.87. The molecule has 3 rings (SSSR count). The Bertz CT molecular complexity index is 398. The van der Waals surface area contributed by atoms with Crippen LogP contribution in [0.3, 0.4) is 0 Å². The van der Waals surface area contributed by atoms with Gasteiger partial charge >= 0.3 is 5.97 Å². The largest absolute Gasteiger partial charge is 0.481 e. The molecule has 3 aliphatic rings. The Morgan fingerprint density at radius 1 is 1.42 bits per heavy atom. The number of carboxylic acids is 1. The lowest BCUT2D eigenvalue weighted by Gasteiger charge is -2.42. The Kier molecular flexibility index (Phi) is 3.40. The standard InChI is InChI=1S/C15H25NO3/c1-10(2)5-14(3,8-12(17)18)13(19)16-9-11-6-15(16,4)7-11/h10-11H,5-9H2,1-4H3,(H,17,18)/t11?,14-,15?/m0/s1. The maximum Gasteiger partial charge on any atom is 0.304 e. The molecule has 4 nitrogen and oxygen atoms in total. The summed E-state index contributed by atoms with van der Waals surface area (Å²) in [4.78, 5) is 25.9. The summed E-state index contributed by atoms with van der Waals surface area (Å²) in [7, 11) is 0. The van der Waals surface area contributed by atoms with E-state index in [-0.39, 0.29) is 17.9 Å². The van der Waals surface area contributed by atoms with Crippen LogP contribution in [-0.4, -0.2) is 34.0 Å². The molecule has 108 valence electrons. The Morgan fingerprint density at radius 3 is 2.37 bits per heavy atom. The minimum absolute atomic E-state index is 0.00150. The maximum absolute atomic E-state index is 12.8. The number of fused-ring (bicyclic) bond motifs is 1. The van der Waals surface area contributed by atoms with Crippen molar-refractivity contribution < 1.29 is 14.7 Å². The third kappa shape index (κ3) is 2.49. The fraction of sp³-hybridized carbons (Fsp3) is 0.867. The van der Waals surface area contributed by atoms with E-state index in [4.69, 9.17) is 5.11 Å². The van der Waals surface area contributed by atoms with Crippen LogP contribution in [0.2, 0.25) is 0 Å². The first-order valence-electron chi connectivity index (χ1n) is 7.20. The predicted molar refractivity (Wildman–Crippen MR) is 72.7 cm³/mol. The van der Waals surface area contributed by atoms with Crippen molar-refractivity contribution in [3.8, 4) is 0 Å². The quantitative estimate of drug-likeness (QED) is 0.832. The van der Waals surface area contributed by atoms with Gasteiger partial charge in [-0.2, -0.15) is 0 Å². The maximum atomic E-state index is 12.8. The van der Waals surface area contributed by atoms with Gasteiger partial charge < -0.3 is 10.0 Å². The summed E-state index contributed by atoms with van der Waals surface area (Å²) in [6, 6.07) is 0. The number of carbonyl (C=O) groups excluding carboxylic acids is 1. The van der Waals surface area contributed by atoms with Crippen molar-refractivity contribution in [3.05, 3.63) is 0 Å². The van der Waals surface area contributed by atoms with Gasteiger partial charge in [-0.25, -0.2) is 0 Å². The van der Waals surface area contributed by atoms with Crippen molar-refractivity contribution in [1.29, 1.82) is 0 Å². The van der Waals surface area contributed by atoms with Crippen molar-refractivity contribution in [1.82, 2.24) is 4.90 Å². The number of amides is 1. The molecule has 3 fully saturated rings. The minimum Gasteiger partial charge on any atom is -0.481 e. The number of hydrogen-bond acceptors (Lipinski definition) is 2. The summed E-state index contributed by atoms with van der Waals surface area (Å²) in [6.45, 7) is 8.86. The summed E-state index contributed by atoms with van der Waals surface area (Å²) in [6.07, 6.45) is 2.74. The van der Waals surface area contributed by atoms with Crippen LogP contribution in [0.15, 0.2) is 0 Å². The molecule has 2 saturated heterocycles. The molecule has 0 radical (unpaired) electrons. The molecule has 0 aromatic heterocycles. The van der Waals surface area contributed by atoms with Crippen LogP contribution in [0, 0.1) is 17.3 Å². The van der Waals surface area contributed by atoms with Gasteiger partial charge in [0.05, 0.1) is 11.8 Å². The summed E-state index contributed by atoms with van der Waals surface area (Å²) < 4.78 is 0. The molecule has 0 unspecified atom stereocenters. The topological polar surface area (TPSA) is 57.6 Å². The van der Waals surface area contributed by atoms with E-state index in [1.165, 1.54) is 0 Å². The van der Waals surface area contributed by atoms with E-state index in [0.717, 1.165) is 19.4 Å². The second kappa shape index (κ2) is 4.50. The van der Waals surface area contributed by atoms with E-state index >= 15 is 0 Å². The molecular formula is C15H25NO3. The van der Waals surface area contributed by atoms with Gasteiger partial charge in [-0.15, -0.1) is 0 Å². The second-order valence-electron chi connectivity index (χ2n) is 7.42. The zero-order valence-corrected chi connectivity index (χ0v) is 12.4. The highest BCUT2D eigenvalue weighted by atomic mass is 16.4. The average molecular weight is 267 g/mol. The number of hydrogen-bond donors (Lipinski definition) is 1. The summed E-state index contributed by atoms with van der Waals surface area (Å²) in [5.41, 5.74) is -0.765. The molecule has 4 heteroatoms. The number of nitrogens with zero attached hydrogens (tertiary/aromatic N) is 1. The average Bonchev–Trinajstić information content (AvgIpc) is 2.66. The predicted octanol–water partition coefficient (Wildman–Crippen LogP) is 2.52.